The minimum absolute atomic E-state index is 0.229. The van der Waals surface area contributed by atoms with Gasteiger partial charge in [-0.3, -0.25) is 9.78 Å². The molecule has 0 atom stereocenters. The predicted octanol–water partition coefficient (Wildman–Crippen LogP) is 5.02. The first-order chi connectivity index (χ1) is 13.0. The minimum Gasteiger partial charge on any atom is -0.354 e. The lowest BCUT2D eigenvalue weighted by Crippen LogP contribution is -2.23. The van der Waals surface area contributed by atoms with Gasteiger partial charge in [-0.15, -0.1) is 0 Å². The topological polar surface area (TPSA) is 54.0 Å². The van der Waals surface area contributed by atoms with Gasteiger partial charge < -0.3 is 10.6 Å². The van der Waals surface area contributed by atoms with E-state index < -0.39 is 0 Å². The average Bonchev–Trinajstić information content (AvgIpc) is 2.68. The zero-order valence-electron chi connectivity index (χ0n) is 15.4. The number of carbonyl (C=O) groups excluding carboxylic acids is 1. The summed E-state index contributed by atoms with van der Waals surface area (Å²) in [5, 5.41) is 6.17. The first-order valence-corrected chi connectivity index (χ1v) is 8.86. The van der Waals surface area contributed by atoms with E-state index in [1.807, 2.05) is 18.2 Å². The van der Waals surface area contributed by atoms with Crippen molar-refractivity contribution in [3.05, 3.63) is 89.5 Å². The number of anilines is 2. The van der Waals surface area contributed by atoms with E-state index in [1.165, 1.54) is 23.9 Å². The lowest BCUT2D eigenvalue weighted by atomic mass is 10.0. The maximum Gasteiger partial charge on any atom is 0.253 e. The Hall–Kier alpha value is -3.21. The fourth-order valence-corrected chi connectivity index (χ4v) is 2.79. The normalized spacial score (nSPS) is 10.7. The number of para-hydroxylation sites is 1. The second-order valence-electron chi connectivity index (χ2n) is 6.64. The van der Waals surface area contributed by atoms with Gasteiger partial charge in [0.15, 0.2) is 0 Å². The number of rotatable bonds is 6. The van der Waals surface area contributed by atoms with Crippen LogP contribution in [0.25, 0.3) is 0 Å². The number of amides is 1. The number of nitrogens with one attached hydrogen (secondary N) is 2. The van der Waals surface area contributed by atoms with Crippen LogP contribution >= 0.6 is 0 Å². The number of halogens is 1. The summed E-state index contributed by atoms with van der Waals surface area (Å²) in [6.45, 7) is 4.60. The molecule has 1 heterocycles. The van der Waals surface area contributed by atoms with Crippen LogP contribution in [-0.4, -0.2) is 10.9 Å². The highest BCUT2D eigenvalue weighted by Gasteiger charge is 2.09. The Morgan fingerprint density at radius 1 is 1.07 bits per heavy atom. The van der Waals surface area contributed by atoms with E-state index in [9.17, 15) is 9.18 Å². The Morgan fingerprint density at radius 2 is 1.81 bits per heavy atom. The molecule has 3 aromatic rings. The molecule has 0 fully saturated rings. The lowest BCUT2D eigenvalue weighted by Gasteiger charge is -2.15. The molecule has 3 rings (SSSR count). The maximum absolute atomic E-state index is 12.9. The number of hydrogen-bond acceptors (Lipinski definition) is 3. The van der Waals surface area contributed by atoms with Gasteiger partial charge in [-0.25, -0.2) is 4.39 Å². The number of pyridine rings is 1. The number of hydrogen-bond donors (Lipinski definition) is 2. The second kappa shape index (κ2) is 8.45. The van der Waals surface area contributed by atoms with E-state index in [0.717, 1.165) is 16.9 Å². The van der Waals surface area contributed by atoms with Crippen molar-refractivity contribution in [1.82, 2.24) is 10.3 Å². The summed E-state index contributed by atoms with van der Waals surface area (Å²) in [5.74, 6) is -0.147. The SMILES string of the molecule is CC(C)c1ccccc1Nc1cncc(C(=O)NCc2ccc(F)cc2)c1. The quantitative estimate of drug-likeness (QED) is 0.647. The number of carbonyl (C=O) groups is 1. The summed E-state index contributed by atoms with van der Waals surface area (Å²) >= 11 is 0. The third-order valence-corrected chi connectivity index (χ3v) is 4.23. The molecule has 2 N–H and O–H groups in total. The second-order valence-corrected chi connectivity index (χ2v) is 6.64. The Labute approximate surface area is 158 Å². The van der Waals surface area contributed by atoms with Crippen molar-refractivity contribution in [1.29, 1.82) is 0 Å². The van der Waals surface area contributed by atoms with Gasteiger partial charge in [0.1, 0.15) is 5.82 Å². The third-order valence-electron chi connectivity index (χ3n) is 4.23. The molecule has 0 aliphatic carbocycles. The molecule has 0 radical (unpaired) electrons. The van der Waals surface area contributed by atoms with E-state index in [1.54, 1.807) is 24.4 Å². The van der Waals surface area contributed by atoms with Gasteiger partial charge in [0, 0.05) is 18.4 Å². The molecule has 0 bridgehead atoms. The van der Waals surface area contributed by atoms with Crippen molar-refractivity contribution in [2.45, 2.75) is 26.3 Å². The fraction of sp³-hybridized carbons (Fsp3) is 0.182. The summed E-state index contributed by atoms with van der Waals surface area (Å²) in [4.78, 5) is 16.6. The standard InChI is InChI=1S/C22H22FN3O/c1-15(2)20-5-3-4-6-21(20)26-19-11-17(13-24-14-19)22(27)25-12-16-7-9-18(23)10-8-16/h3-11,13-15,26H,12H2,1-2H3,(H,25,27). The summed E-state index contributed by atoms with van der Waals surface area (Å²) in [6.07, 6.45) is 3.22. The molecule has 1 aromatic heterocycles. The molecule has 1 amide bonds. The molecule has 0 saturated heterocycles. The van der Waals surface area contributed by atoms with Crippen LogP contribution in [0, 0.1) is 5.82 Å². The van der Waals surface area contributed by atoms with Crippen LogP contribution in [-0.2, 0) is 6.54 Å². The molecule has 0 spiro atoms. The van der Waals surface area contributed by atoms with Crippen molar-refractivity contribution in [2.75, 3.05) is 5.32 Å². The molecule has 2 aromatic carbocycles. The van der Waals surface area contributed by atoms with Crippen molar-refractivity contribution in [2.24, 2.45) is 0 Å². The van der Waals surface area contributed by atoms with Crippen LogP contribution in [0.15, 0.2) is 67.0 Å². The maximum atomic E-state index is 12.9. The molecule has 0 aliphatic rings. The first-order valence-electron chi connectivity index (χ1n) is 8.86. The van der Waals surface area contributed by atoms with E-state index in [-0.39, 0.29) is 11.7 Å². The fourth-order valence-electron chi connectivity index (χ4n) is 2.79. The largest absolute Gasteiger partial charge is 0.354 e. The van der Waals surface area contributed by atoms with E-state index in [2.05, 4.69) is 35.5 Å². The third kappa shape index (κ3) is 4.91. The Morgan fingerprint density at radius 3 is 2.56 bits per heavy atom. The average molecular weight is 363 g/mol. The lowest BCUT2D eigenvalue weighted by molar-refractivity contribution is 0.0950. The van der Waals surface area contributed by atoms with Crippen LogP contribution in [0.4, 0.5) is 15.8 Å². The number of nitrogens with zero attached hydrogens (tertiary/aromatic N) is 1. The van der Waals surface area contributed by atoms with Crippen molar-refractivity contribution >= 4 is 17.3 Å². The minimum atomic E-state index is -0.297. The Bertz CT molecular complexity index is 923. The van der Waals surface area contributed by atoms with Crippen LogP contribution in [0.2, 0.25) is 0 Å². The van der Waals surface area contributed by atoms with Gasteiger partial charge in [0.05, 0.1) is 17.4 Å². The molecular weight excluding hydrogens is 341 g/mol. The van der Waals surface area contributed by atoms with Crippen LogP contribution < -0.4 is 10.6 Å². The number of aromatic nitrogens is 1. The summed E-state index contributed by atoms with van der Waals surface area (Å²) < 4.78 is 12.9. The summed E-state index contributed by atoms with van der Waals surface area (Å²) in [6, 6.07) is 15.9. The van der Waals surface area contributed by atoms with Crippen molar-refractivity contribution in [3.63, 3.8) is 0 Å². The zero-order chi connectivity index (χ0) is 19.2. The Balaban J connectivity index is 1.70. The van der Waals surface area contributed by atoms with Gasteiger partial charge in [-0.2, -0.15) is 0 Å². The van der Waals surface area contributed by atoms with Gasteiger partial charge in [0.25, 0.3) is 5.91 Å². The molecule has 0 saturated carbocycles. The highest BCUT2D eigenvalue weighted by Crippen LogP contribution is 2.26. The summed E-state index contributed by atoms with van der Waals surface area (Å²) in [5.41, 5.74) is 4.24. The smallest absolute Gasteiger partial charge is 0.253 e. The van der Waals surface area contributed by atoms with Crippen molar-refractivity contribution < 1.29 is 9.18 Å². The first kappa shape index (κ1) is 18.6. The van der Waals surface area contributed by atoms with Crippen LogP contribution in [0.3, 0.4) is 0 Å². The molecule has 0 unspecified atom stereocenters. The molecule has 27 heavy (non-hydrogen) atoms. The zero-order valence-corrected chi connectivity index (χ0v) is 15.4. The highest BCUT2D eigenvalue weighted by atomic mass is 19.1. The predicted molar refractivity (Wildman–Crippen MR) is 106 cm³/mol. The molecule has 0 aliphatic heterocycles. The Kier molecular flexibility index (Phi) is 5.81. The van der Waals surface area contributed by atoms with E-state index in [4.69, 9.17) is 0 Å². The van der Waals surface area contributed by atoms with Crippen molar-refractivity contribution in [3.8, 4) is 0 Å². The van der Waals surface area contributed by atoms with E-state index in [0.29, 0.717) is 18.0 Å². The van der Waals surface area contributed by atoms with Gasteiger partial charge >= 0.3 is 0 Å². The van der Waals surface area contributed by atoms with E-state index >= 15 is 0 Å². The molecule has 138 valence electrons. The van der Waals surface area contributed by atoms with Crippen LogP contribution in [0.5, 0.6) is 0 Å². The summed E-state index contributed by atoms with van der Waals surface area (Å²) in [7, 11) is 0. The molecular formula is C22H22FN3O. The highest BCUT2D eigenvalue weighted by molar-refractivity contribution is 5.94. The van der Waals surface area contributed by atoms with Gasteiger partial charge in [-0.05, 0) is 41.3 Å². The molecule has 5 heteroatoms. The van der Waals surface area contributed by atoms with Gasteiger partial charge in [0.2, 0.25) is 0 Å². The number of benzene rings is 2. The molecule has 4 nitrogen and oxygen atoms in total. The monoisotopic (exact) mass is 363 g/mol. The van der Waals surface area contributed by atoms with Crippen LogP contribution in [0.1, 0.15) is 41.3 Å². The van der Waals surface area contributed by atoms with Gasteiger partial charge in [-0.1, -0.05) is 44.2 Å².